The summed E-state index contributed by atoms with van der Waals surface area (Å²) in [6.07, 6.45) is 9.14. The van der Waals surface area contributed by atoms with Gasteiger partial charge in [0.05, 0.1) is 23.9 Å². The Balaban J connectivity index is 1.74. The molecule has 130 valence electrons. The maximum absolute atomic E-state index is 9.60. The third-order valence-electron chi connectivity index (χ3n) is 4.35. The molecule has 1 fully saturated rings. The highest BCUT2D eigenvalue weighted by atomic mass is 35.5. The van der Waals surface area contributed by atoms with E-state index in [4.69, 9.17) is 17.3 Å². The van der Waals surface area contributed by atoms with Crippen LogP contribution in [-0.2, 0) is 0 Å². The topological polar surface area (TPSA) is 92.6 Å². The predicted octanol–water partition coefficient (Wildman–Crippen LogP) is 2.47. The number of rotatable bonds is 4. The summed E-state index contributed by atoms with van der Waals surface area (Å²) in [4.78, 5) is 16.0. The molecule has 0 saturated carbocycles. The highest BCUT2D eigenvalue weighted by molar-refractivity contribution is 7.99. The Kier molecular flexibility index (Phi) is 4.41. The summed E-state index contributed by atoms with van der Waals surface area (Å²) in [6, 6.07) is 1.93. The molecular formula is C16H17ClN6OS. The number of imidazole rings is 1. The number of nitrogens with zero attached hydrogens (tertiary/aromatic N) is 5. The number of pyridine rings is 1. The lowest BCUT2D eigenvalue weighted by Gasteiger charge is -2.25. The lowest BCUT2D eigenvalue weighted by molar-refractivity contribution is 0.266. The molecule has 9 heteroatoms. The van der Waals surface area contributed by atoms with Gasteiger partial charge in [-0.2, -0.15) is 0 Å². The van der Waals surface area contributed by atoms with Crippen molar-refractivity contribution in [2.45, 2.75) is 28.8 Å². The van der Waals surface area contributed by atoms with Crippen molar-refractivity contribution < 1.29 is 5.11 Å². The van der Waals surface area contributed by atoms with Crippen LogP contribution < -0.4 is 10.6 Å². The minimum Gasteiger partial charge on any atom is -0.394 e. The van der Waals surface area contributed by atoms with Crippen molar-refractivity contribution in [2.75, 3.05) is 23.8 Å². The first-order chi connectivity index (χ1) is 12.2. The van der Waals surface area contributed by atoms with Gasteiger partial charge in [-0.05, 0) is 18.9 Å². The molecule has 0 aromatic carbocycles. The fourth-order valence-electron chi connectivity index (χ4n) is 3.12. The van der Waals surface area contributed by atoms with E-state index in [2.05, 4.69) is 19.9 Å². The van der Waals surface area contributed by atoms with E-state index in [0.29, 0.717) is 10.8 Å². The largest absolute Gasteiger partial charge is 0.394 e. The number of aliphatic hydroxyl groups excluding tert-OH is 1. The third-order valence-corrected chi connectivity index (χ3v) is 5.90. The van der Waals surface area contributed by atoms with Gasteiger partial charge in [-0.25, -0.2) is 15.0 Å². The predicted molar refractivity (Wildman–Crippen MR) is 98.2 cm³/mol. The molecule has 1 aliphatic rings. The summed E-state index contributed by atoms with van der Waals surface area (Å²) in [5.74, 6) is 1.24. The second-order valence-corrected chi connectivity index (χ2v) is 7.23. The summed E-state index contributed by atoms with van der Waals surface area (Å²) in [7, 11) is 0. The Morgan fingerprint density at radius 3 is 3.04 bits per heavy atom. The number of hydrogen-bond donors (Lipinski definition) is 2. The van der Waals surface area contributed by atoms with Gasteiger partial charge in [-0.1, -0.05) is 23.4 Å². The highest BCUT2D eigenvalue weighted by Crippen LogP contribution is 2.37. The standard InChI is InChI=1S/C16H17ClN6OS/c17-13-11(3-4-19-14(13)18)25-16-15-20-5-7-23(15)12(8-21-16)22-6-1-2-10(22)9-24/h3-5,7-8,10,24H,1-2,6,9H2,(H2,18,19)/t10-/m0/s1. The summed E-state index contributed by atoms with van der Waals surface area (Å²) in [5, 5.41) is 10.8. The van der Waals surface area contributed by atoms with E-state index in [-0.39, 0.29) is 12.6 Å². The number of aliphatic hydroxyl groups is 1. The van der Waals surface area contributed by atoms with E-state index in [1.807, 2.05) is 16.8 Å². The van der Waals surface area contributed by atoms with Gasteiger partial charge in [0.2, 0.25) is 0 Å². The Bertz CT molecular complexity index is 917. The summed E-state index contributed by atoms with van der Waals surface area (Å²) in [6.45, 7) is 1.04. The molecule has 25 heavy (non-hydrogen) atoms. The maximum atomic E-state index is 9.60. The van der Waals surface area contributed by atoms with Crippen molar-refractivity contribution in [3.05, 3.63) is 35.9 Å². The van der Waals surface area contributed by atoms with Crippen LogP contribution in [0.15, 0.2) is 40.8 Å². The lowest BCUT2D eigenvalue weighted by atomic mass is 10.2. The Morgan fingerprint density at radius 2 is 2.20 bits per heavy atom. The fraction of sp³-hybridized carbons (Fsp3) is 0.312. The van der Waals surface area contributed by atoms with E-state index in [9.17, 15) is 5.11 Å². The molecule has 0 unspecified atom stereocenters. The van der Waals surface area contributed by atoms with Crippen LogP contribution in [0.4, 0.5) is 11.6 Å². The Hall–Kier alpha value is -2.03. The Labute approximate surface area is 153 Å². The van der Waals surface area contributed by atoms with Gasteiger partial charge in [0, 0.05) is 30.0 Å². The second kappa shape index (κ2) is 6.70. The van der Waals surface area contributed by atoms with E-state index >= 15 is 0 Å². The molecule has 3 N–H and O–H groups in total. The minimum absolute atomic E-state index is 0.125. The van der Waals surface area contributed by atoms with Crippen LogP contribution in [0.25, 0.3) is 5.65 Å². The molecule has 0 spiro atoms. The SMILES string of the molecule is Nc1nccc(Sc2ncc(N3CCC[C@H]3CO)n3ccnc23)c1Cl. The van der Waals surface area contributed by atoms with Gasteiger partial charge in [0.25, 0.3) is 0 Å². The molecule has 3 aromatic rings. The maximum Gasteiger partial charge on any atom is 0.171 e. The zero-order valence-corrected chi connectivity index (χ0v) is 14.9. The first-order valence-corrected chi connectivity index (χ1v) is 9.16. The van der Waals surface area contributed by atoms with Crippen molar-refractivity contribution in [1.82, 2.24) is 19.4 Å². The molecular weight excluding hydrogens is 360 g/mol. The van der Waals surface area contributed by atoms with Crippen LogP contribution in [-0.4, -0.2) is 43.7 Å². The monoisotopic (exact) mass is 376 g/mol. The van der Waals surface area contributed by atoms with E-state index < -0.39 is 0 Å². The Morgan fingerprint density at radius 1 is 1.32 bits per heavy atom. The van der Waals surface area contributed by atoms with Crippen molar-refractivity contribution in [3.8, 4) is 0 Å². The van der Waals surface area contributed by atoms with E-state index in [1.54, 1.807) is 18.5 Å². The quantitative estimate of drug-likeness (QED) is 0.722. The number of anilines is 2. The first kappa shape index (κ1) is 16.4. The zero-order chi connectivity index (χ0) is 17.4. The van der Waals surface area contributed by atoms with Crippen molar-refractivity contribution in [1.29, 1.82) is 0 Å². The van der Waals surface area contributed by atoms with Gasteiger partial charge in [0.1, 0.15) is 16.7 Å². The lowest BCUT2D eigenvalue weighted by Crippen LogP contribution is -2.33. The number of hydrogen-bond acceptors (Lipinski definition) is 7. The molecule has 0 aliphatic carbocycles. The molecule has 7 nitrogen and oxygen atoms in total. The van der Waals surface area contributed by atoms with Crippen molar-refractivity contribution in [2.24, 2.45) is 0 Å². The summed E-state index contributed by atoms with van der Waals surface area (Å²) in [5.41, 5.74) is 6.52. The van der Waals surface area contributed by atoms with E-state index in [1.165, 1.54) is 11.8 Å². The second-order valence-electron chi connectivity index (χ2n) is 5.82. The minimum atomic E-state index is 0.125. The molecule has 1 aliphatic heterocycles. The third kappa shape index (κ3) is 2.90. The molecule has 1 atom stereocenters. The number of aromatic nitrogens is 4. The van der Waals surface area contributed by atoms with Crippen LogP contribution in [0.2, 0.25) is 5.02 Å². The van der Waals surface area contributed by atoms with Gasteiger partial charge >= 0.3 is 0 Å². The average Bonchev–Trinajstić information content (AvgIpc) is 3.28. The van der Waals surface area contributed by atoms with Crippen LogP contribution >= 0.6 is 23.4 Å². The van der Waals surface area contributed by atoms with Crippen LogP contribution in [0.1, 0.15) is 12.8 Å². The van der Waals surface area contributed by atoms with Crippen LogP contribution in [0, 0.1) is 0 Å². The molecule has 0 radical (unpaired) electrons. The zero-order valence-electron chi connectivity index (χ0n) is 13.3. The van der Waals surface area contributed by atoms with Crippen LogP contribution in [0.3, 0.4) is 0 Å². The molecule has 3 aromatic heterocycles. The number of halogens is 1. The number of nitrogen functional groups attached to an aromatic ring is 1. The van der Waals surface area contributed by atoms with Gasteiger partial charge in [-0.3, -0.25) is 4.40 Å². The first-order valence-electron chi connectivity index (χ1n) is 7.96. The van der Waals surface area contributed by atoms with Gasteiger partial charge in [-0.15, -0.1) is 0 Å². The molecule has 0 bridgehead atoms. The van der Waals surface area contributed by atoms with E-state index in [0.717, 1.165) is 40.8 Å². The fourth-order valence-corrected chi connectivity index (χ4v) is 4.23. The molecule has 1 saturated heterocycles. The summed E-state index contributed by atoms with van der Waals surface area (Å²) < 4.78 is 2.00. The van der Waals surface area contributed by atoms with Crippen LogP contribution in [0.5, 0.6) is 0 Å². The highest BCUT2D eigenvalue weighted by Gasteiger charge is 2.26. The van der Waals surface area contributed by atoms with Crippen molar-refractivity contribution in [3.63, 3.8) is 0 Å². The smallest absolute Gasteiger partial charge is 0.171 e. The number of fused-ring (bicyclic) bond motifs is 1. The summed E-state index contributed by atoms with van der Waals surface area (Å²) >= 11 is 7.65. The molecule has 4 heterocycles. The molecule has 0 amide bonds. The van der Waals surface area contributed by atoms with Gasteiger partial charge in [0.15, 0.2) is 5.65 Å². The molecule has 4 rings (SSSR count). The normalized spacial score (nSPS) is 17.5. The van der Waals surface area contributed by atoms with Gasteiger partial charge < -0.3 is 15.7 Å². The number of nitrogens with two attached hydrogens (primary N) is 1. The average molecular weight is 377 g/mol. The van der Waals surface area contributed by atoms with Crippen molar-refractivity contribution >= 4 is 40.6 Å².